The van der Waals surface area contributed by atoms with Crippen molar-refractivity contribution in [1.29, 1.82) is 0 Å². The lowest BCUT2D eigenvalue weighted by Gasteiger charge is -2.11. The Kier molecular flexibility index (Phi) is 5.00. The topological polar surface area (TPSA) is 0 Å². The van der Waals surface area contributed by atoms with Gasteiger partial charge in [0.15, 0.2) is 0 Å². The van der Waals surface area contributed by atoms with Gasteiger partial charge in [-0.05, 0) is 29.5 Å². The van der Waals surface area contributed by atoms with E-state index in [0.29, 0.717) is 5.92 Å². The van der Waals surface area contributed by atoms with Gasteiger partial charge in [0.1, 0.15) is 0 Å². The molecular weight excluding hydrogens is 231 g/mol. The van der Waals surface area contributed by atoms with Gasteiger partial charge in [-0.15, -0.1) is 22.2 Å². The molecule has 77 valence electrons. The highest BCUT2D eigenvalue weighted by atomic mass is 35.7. The standard InChI is InChI=1S/C11H15Cl2Si/c1-3-10-4-6-11(7-5-10)9(2)8-14(12)13/h4-7,9H,3,8H2,1-2H3. The Bertz CT molecular complexity index is 269. The Labute approximate surface area is 97.3 Å². The molecular formula is C11H15Cl2Si. The minimum Gasteiger partial charge on any atom is -0.147 e. The molecule has 0 fully saturated rings. The van der Waals surface area contributed by atoms with E-state index in [0.717, 1.165) is 12.5 Å². The predicted molar refractivity (Wildman–Crippen MR) is 66.5 cm³/mol. The molecule has 1 aromatic rings. The van der Waals surface area contributed by atoms with E-state index in [1.165, 1.54) is 11.1 Å². The molecule has 14 heavy (non-hydrogen) atoms. The van der Waals surface area contributed by atoms with E-state index in [1.54, 1.807) is 0 Å². The third kappa shape index (κ3) is 3.64. The molecule has 0 aromatic heterocycles. The Morgan fingerprint density at radius 2 is 1.79 bits per heavy atom. The van der Waals surface area contributed by atoms with Gasteiger partial charge in [0.2, 0.25) is 0 Å². The first-order valence-electron chi connectivity index (χ1n) is 4.89. The summed E-state index contributed by atoms with van der Waals surface area (Å²) in [6.07, 6.45) is 1.09. The normalized spacial score (nSPS) is 13.2. The first-order chi connectivity index (χ1) is 6.63. The van der Waals surface area contributed by atoms with Crippen molar-refractivity contribution in [2.45, 2.75) is 32.2 Å². The van der Waals surface area contributed by atoms with Gasteiger partial charge in [0.05, 0.1) is 0 Å². The highest BCUT2D eigenvalue weighted by Gasteiger charge is 2.12. The zero-order valence-electron chi connectivity index (χ0n) is 8.56. The monoisotopic (exact) mass is 245 g/mol. The third-order valence-electron chi connectivity index (χ3n) is 2.42. The van der Waals surface area contributed by atoms with Gasteiger partial charge in [-0.2, -0.15) is 0 Å². The summed E-state index contributed by atoms with van der Waals surface area (Å²) in [7, 11) is -1.15. The smallest absolute Gasteiger partial charge is 0.147 e. The van der Waals surface area contributed by atoms with E-state index in [9.17, 15) is 0 Å². The van der Waals surface area contributed by atoms with Gasteiger partial charge in [0, 0.05) is 0 Å². The lowest BCUT2D eigenvalue weighted by Crippen LogP contribution is -2.01. The van der Waals surface area contributed by atoms with Crippen LogP contribution in [0.15, 0.2) is 24.3 Å². The van der Waals surface area contributed by atoms with Crippen LogP contribution in [-0.4, -0.2) is 7.42 Å². The first-order valence-corrected chi connectivity index (χ1v) is 8.62. The lowest BCUT2D eigenvalue weighted by molar-refractivity contribution is 0.859. The highest BCUT2D eigenvalue weighted by molar-refractivity contribution is 7.33. The summed E-state index contributed by atoms with van der Waals surface area (Å²) in [6.45, 7) is 4.34. The molecule has 0 aliphatic heterocycles. The van der Waals surface area contributed by atoms with Crippen LogP contribution in [0.25, 0.3) is 0 Å². The second-order valence-corrected chi connectivity index (χ2v) is 7.94. The quantitative estimate of drug-likeness (QED) is 0.548. The fourth-order valence-electron chi connectivity index (χ4n) is 1.43. The molecule has 1 atom stereocenters. The molecule has 3 heteroatoms. The van der Waals surface area contributed by atoms with Crippen LogP contribution in [0, 0.1) is 0 Å². The third-order valence-corrected chi connectivity index (χ3v) is 4.26. The fourth-order valence-corrected chi connectivity index (χ4v) is 3.52. The molecule has 0 spiro atoms. The predicted octanol–water partition coefficient (Wildman–Crippen LogP) is 4.32. The van der Waals surface area contributed by atoms with Gasteiger partial charge >= 0.3 is 0 Å². The summed E-state index contributed by atoms with van der Waals surface area (Å²) in [5.41, 5.74) is 2.72. The van der Waals surface area contributed by atoms with Gasteiger partial charge in [-0.25, -0.2) is 0 Å². The number of rotatable bonds is 4. The van der Waals surface area contributed by atoms with E-state index < -0.39 is 7.42 Å². The van der Waals surface area contributed by atoms with E-state index in [1.807, 2.05) is 0 Å². The van der Waals surface area contributed by atoms with Crippen molar-refractivity contribution in [3.05, 3.63) is 35.4 Å². The van der Waals surface area contributed by atoms with Crippen molar-refractivity contribution < 1.29 is 0 Å². The maximum atomic E-state index is 5.85. The van der Waals surface area contributed by atoms with E-state index in [4.69, 9.17) is 22.2 Å². The van der Waals surface area contributed by atoms with E-state index in [-0.39, 0.29) is 0 Å². The van der Waals surface area contributed by atoms with E-state index in [2.05, 4.69) is 38.1 Å². The number of aryl methyl sites for hydroxylation is 1. The molecule has 0 bridgehead atoms. The second-order valence-electron chi connectivity index (χ2n) is 3.54. The molecule has 0 N–H and O–H groups in total. The molecule has 0 saturated heterocycles. The molecule has 1 unspecified atom stereocenters. The van der Waals surface area contributed by atoms with Gasteiger partial charge in [-0.1, -0.05) is 38.1 Å². The zero-order chi connectivity index (χ0) is 10.6. The molecule has 0 aliphatic carbocycles. The Morgan fingerprint density at radius 3 is 2.21 bits per heavy atom. The van der Waals surface area contributed by atoms with Crippen molar-refractivity contribution in [2.75, 3.05) is 0 Å². The van der Waals surface area contributed by atoms with Gasteiger partial charge < -0.3 is 0 Å². The molecule has 1 rings (SSSR count). The Hall–Kier alpha value is 0.0169. The molecule has 0 saturated carbocycles. The SMILES string of the molecule is CCc1ccc(C(C)C[Si](Cl)Cl)cc1. The summed E-state index contributed by atoms with van der Waals surface area (Å²) in [5, 5.41) is 0. The number of benzene rings is 1. The van der Waals surface area contributed by atoms with Crippen molar-refractivity contribution in [2.24, 2.45) is 0 Å². The first kappa shape index (κ1) is 12.1. The van der Waals surface area contributed by atoms with Crippen LogP contribution >= 0.6 is 22.2 Å². The molecule has 1 aromatic carbocycles. The molecule has 0 nitrogen and oxygen atoms in total. The van der Waals surface area contributed by atoms with Crippen molar-refractivity contribution in [3.63, 3.8) is 0 Å². The van der Waals surface area contributed by atoms with Crippen molar-refractivity contribution in [1.82, 2.24) is 0 Å². The highest BCUT2D eigenvalue weighted by Crippen LogP contribution is 2.24. The maximum Gasteiger partial charge on any atom is 0.274 e. The maximum absolute atomic E-state index is 5.85. The number of hydrogen-bond donors (Lipinski definition) is 0. The largest absolute Gasteiger partial charge is 0.274 e. The van der Waals surface area contributed by atoms with Crippen LogP contribution in [-0.2, 0) is 6.42 Å². The van der Waals surface area contributed by atoms with Crippen LogP contribution in [0.2, 0.25) is 6.04 Å². The average molecular weight is 246 g/mol. The van der Waals surface area contributed by atoms with Crippen molar-refractivity contribution in [3.8, 4) is 0 Å². The summed E-state index contributed by atoms with van der Waals surface area (Å²) in [4.78, 5) is 0. The molecule has 1 radical (unpaired) electrons. The fraction of sp³-hybridized carbons (Fsp3) is 0.455. The van der Waals surface area contributed by atoms with E-state index >= 15 is 0 Å². The molecule has 0 heterocycles. The summed E-state index contributed by atoms with van der Waals surface area (Å²) in [5.74, 6) is 0.477. The number of hydrogen-bond acceptors (Lipinski definition) is 0. The summed E-state index contributed by atoms with van der Waals surface area (Å²) >= 11 is 11.7. The van der Waals surface area contributed by atoms with Crippen LogP contribution in [0.4, 0.5) is 0 Å². The van der Waals surface area contributed by atoms with Crippen LogP contribution in [0.1, 0.15) is 30.9 Å². The summed E-state index contributed by atoms with van der Waals surface area (Å²) < 4.78 is 0. The van der Waals surface area contributed by atoms with Crippen LogP contribution in [0.5, 0.6) is 0 Å². The Morgan fingerprint density at radius 1 is 1.21 bits per heavy atom. The van der Waals surface area contributed by atoms with Crippen LogP contribution < -0.4 is 0 Å². The second kappa shape index (κ2) is 5.79. The lowest BCUT2D eigenvalue weighted by atomic mass is 10.0. The minimum absolute atomic E-state index is 0.477. The van der Waals surface area contributed by atoms with Gasteiger partial charge in [-0.3, -0.25) is 0 Å². The summed E-state index contributed by atoms with van der Waals surface area (Å²) in [6, 6.07) is 9.64. The number of halogens is 2. The average Bonchev–Trinajstić information content (AvgIpc) is 2.17. The molecule has 0 amide bonds. The van der Waals surface area contributed by atoms with Crippen LogP contribution in [0.3, 0.4) is 0 Å². The zero-order valence-corrected chi connectivity index (χ0v) is 11.1. The van der Waals surface area contributed by atoms with Gasteiger partial charge in [0.25, 0.3) is 7.42 Å². The molecule has 0 aliphatic rings. The Balaban J connectivity index is 2.66. The minimum atomic E-state index is -1.15. The van der Waals surface area contributed by atoms with Crippen molar-refractivity contribution >= 4 is 29.6 Å².